The van der Waals surface area contributed by atoms with Gasteiger partial charge < -0.3 is 16.0 Å². The van der Waals surface area contributed by atoms with E-state index in [2.05, 4.69) is 5.32 Å². The van der Waals surface area contributed by atoms with Crippen LogP contribution in [0.1, 0.15) is 51.0 Å². The third kappa shape index (κ3) is 4.19. The fourth-order valence-electron chi connectivity index (χ4n) is 5.03. The highest BCUT2D eigenvalue weighted by Gasteiger charge is 2.46. The largest absolute Gasteiger partial charge is 0.344 e. The van der Waals surface area contributed by atoms with E-state index in [1.165, 1.54) is 0 Å². The third-order valence-electron chi connectivity index (χ3n) is 6.85. The molecule has 1 aromatic rings. The standard InChI is InChI=1S/C22H28F3N3O2/c1-11(27-21(29)12-2-3-12)22(30)28-15-4-5-16(28)7-14(6-15)20(26)9-13-8-18(24)19(25)10-17(13)23/h8,10-12,14-16,20H,2-7,9,26H2,1H3,(H,27,29)/t11-,14-,15-,16+,20+/m0/s1. The lowest BCUT2D eigenvalue weighted by Crippen LogP contribution is -2.55. The number of hydrogen-bond acceptors (Lipinski definition) is 3. The summed E-state index contributed by atoms with van der Waals surface area (Å²) in [6.07, 6.45) is 5.04. The molecule has 2 saturated heterocycles. The fourth-order valence-corrected chi connectivity index (χ4v) is 5.03. The zero-order valence-electron chi connectivity index (χ0n) is 17.0. The quantitative estimate of drug-likeness (QED) is 0.691. The van der Waals surface area contributed by atoms with Crippen molar-refractivity contribution in [3.8, 4) is 0 Å². The SMILES string of the molecule is C[C@H](NC(=O)C1CC1)C(=O)N1[C@@H]2CC[C@H]1C[C@H]([C@H](N)Cc1cc(F)c(F)cc1F)C2. The molecule has 2 bridgehead atoms. The van der Waals surface area contributed by atoms with Crippen molar-refractivity contribution >= 4 is 11.8 Å². The molecule has 2 heterocycles. The van der Waals surface area contributed by atoms with Gasteiger partial charge in [0, 0.05) is 30.1 Å². The number of hydrogen-bond donors (Lipinski definition) is 2. The van der Waals surface area contributed by atoms with Crippen LogP contribution in [0.2, 0.25) is 0 Å². The van der Waals surface area contributed by atoms with Crippen molar-refractivity contribution in [2.24, 2.45) is 17.6 Å². The lowest BCUT2D eigenvalue weighted by atomic mass is 9.82. The number of carbonyl (C=O) groups excluding carboxylic acids is 2. The number of rotatable bonds is 6. The molecule has 8 heteroatoms. The molecular formula is C22H28F3N3O2. The first-order chi connectivity index (χ1) is 14.2. The van der Waals surface area contributed by atoms with Gasteiger partial charge in [0.2, 0.25) is 11.8 Å². The predicted molar refractivity (Wildman–Crippen MR) is 105 cm³/mol. The Morgan fingerprint density at radius 1 is 1.07 bits per heavy atom. The number of nitrogens with two attached hydrogens (primary N) is 1. The van der Waals surface area contributed by atoms with Gasteiger partial charge in [0.15, 0.2) is 11.6 Å². The van der Waals surface area contributed by atoms with E-state index in [4.69, 9.17) is 5.73 Å². The van der Waals surface area contributed by atoms with Crippen molar-refractivity contribution in [2.45, 2.75) is 76.0 Å². The highest BCUT2D eigenvalue weighted by molar-refractivity contribution is 5.89. The summed E-state index contributed by atoms with van der Waals surface area (Å²) >= 11 is 0. The van der Waals surface area contributed by atoms with Gasteiger partial charge >= 0.3 is 0 Å². The lowest BCUT2D eigenvalue weighted by Gasteiger charge is -2.42. The van der Waals surface area contributed by atoms with Gasteiger partial charge in [-0.05, 0) is 69.4 Å². The van der Waals surface area contributed by atoms with E-state index in [1.807, 2.05) is 4.90 Å². The number of nitrogens with one attached hydrogen (secondary N) is 1. The maximum absolute atomic E-state index is 14.0. The van der Waals surface area contributed by atoms with E-state index < -0.39 is 29.5 Å². The molecule has 0 unspecified atom stereocenters. The first-order valence-electron chi connectivity index (χ1n) is 10.8. The normalized spacial score (nSPS) is 27.6. The van der Waals surface area contributed by atoms with Crippen LogP contribution in [-0.2, 0) is 16.0 Å². The summed E-state index contributed by atoms with van der Waals surface area (Å²) in [5.41, 5.74) is 6.41. The van der Waals surface area contributed by atoms with Crippen LogP contribution in [0.5, 0.6) is 0 Å². The van der Waals surface area contributed by atoms with Gasteiger partial charge in [0.05, 0.1) is 0 Å². The van der Waals surface area contributed by atoms with Gasteiger partial charge in [-0.1, -0.05) is 0 Å². The Kier molecular flexibility index (Phi) is 5.79. The minimum Gasteiger partial charge on any atom is -0.344 e. The van der Waals surface area contributed by atoms with Crippen LogP contribution in [0.4, 0.5) is 13.2 Å². The molecule has 3 aliphatic rings. The topological polar surface area (TPSA) is 75.4 Å². The second-order valence-electron chi connectivity index (χ2n) is 9.09. The molecule has 30 heavy (non-hydrogen) atoms. The second-order valence-corrected chi connectivity index (χ2v) is 9.09. The van der Waals surface area contributed by atoms with Crippen LogP contribution >= 0.6 is 0 Å². The fraction of sp³-hybridized carbons (Fsp3) is 0.636. The summed E-state index contributed by atoms with van der Waals surface area (Å²) < 4.78 is 40.6. The molecule has 2 aliphatic heterocycles. The van der Waals surface area contributed by atoms with Crippen molar-refractivity contribution in [1.82, 2.24) is 10.2 Å². The summed E-state index contributed by atoms with van der Waals surface area (Å²) in [5.74, 6) is -3.07. The monoisotopic (exact) mass is 423 g/mol. The van der Waals surface area contributed by atoms with Crippen LogP contribution in [0.3, 0.4) is 0 Å². The molecular weight excluding hydrogens is 395 g/mol. The minimum absolute atomic E-state index is 0.0439. The van der Waals surface area contributed by atoms with Crippen molar-refractivity contribution < 1.29 is 22.8 Å². The average molecular weight is 423 g/mol. The Hall–Kier alpha value is -2.09. The number of benzene rings is 1. The molecule has 5 nitrogen and oxygen atoms in total. The van der Waals surface area contributed by atoms with Crippen molar-refractivity contribution in [1.29, 1.82) is 0 Å². The Balaban J connectivity index is 1.38. The first kappa shape index (κ1) is 21.2. The number of carbonyl (C=O) groups is 2. The smallest absolute Gasteiger partial charge is 0.245 e. The molecule has 0 radical (unpaired) electrons. The van der Waals surface area contributed by atoms with Crippen LogP contribution in [0, 0.1) is 29.3 Å². The number of nitrogens with zero attached hydrogens (tertiary/aromatic N) is 1. The number of piperidine rings is 1. The van der Waals surface area contributed by atoms with Crippen LogP contribution in [0.15, 0.2) is 12.1 Å². The molecule has 0 spiro atoms. The summed E-state index contributed by atoms with van der Waals surface area (Å²) in [6, 6.07) is 0.561. The number of halogens is 3. The van der Waals surface area contributed by atoms with Gasteiger partial charge in [-0.25, -0.2) is 13.2 Å². The van der Waals surface area contributed by atoms with Crippen molar-refractivity contribution in [3.05, 3.63) is 35.1 Å². The molecule has 1 aromatic carbocycles. The van der Waals surface area contributed by atoms with Crippen molar-refractivity contribution in [3.63, 3.8) is 0 Å². The lowest BCUT2D eigenvalue weighted by molar-refractivity contribution is -0.140. The average Bonchev–Trinajstić information content (AvgIpc) is 3.51. The maximum atomic E-state index is 14.0. The van der Waals surface area contributed by atoms with Gasteiger partial charge in [-0.15, -0.1) is 0 Å². The Labute approximate surface area is 174 Å². The van der Waals surface area contributed by atoms with Crippen LogP contribution in [-0.4, -0.2) is 40.9 Å². The second kappa shape index (κ2) is 8.21. The maximum Gasteiger partial charge on any atom is 0.245 e. The van der Waals surface area contributed by atoms with E-state index in [-0.39, 0.29) is 47.7 Å². The van der Waals surface area contributed by atoms with Gasteiger partial charge in [-0.3, -0.25) is 9.59 Å². The summed E-state index contributed by atoms with van der Waals surface area (Å²) in [7, 11) is 0. The summed E-state index contributed by atoms with van der Waals surface area (Å²) in [5, 5.41) is 2.83. The zero-order chi connectivity index (χ0) is 21.6. The molecule has 5 atom stereocenters. The molecule has 3 N–H and O–H groups in total. The van der Waals surface area contributed by atoms with Crippen LogP contribution < -0.4 is 11.1 Å². The molecule has 3 fully saturated rings. The van der Waals surface area contributed by atoms with Gasteiger partial charge in [0.25, 0.3) is 0 Å². The van der Waals surface area contributed by atoms with E-state index in [9.17, 15) is 22.8 Å². The Morgan fingerprint density at radius 3 is 2.27 bits per heavy atom. The zero-order valence-corrected chi connectivity index (χ0v) is 17.0. The van der Waals surface area contributed by atoms with Gasteiger partial charge in [0.1, 0.15) is 11.9 Å². The number of amides is 2. The van der Waals surface area contributed by atoms with E-state index >= 15 is 0 Å². The minimum atomic E-state index is -1.21. The molecule has 1 aliphatic carbocycles. The van der Waals surface area contributed by atoms with Gasteiger partial charge in [-0.2, -0.15) is 0 Å². The summed E-state index contributed by atoms with van der Waals surface area (Å²) in [4.78, 5) is 26.9. The van der Waals surface area contributed by atoms with Crippen molar-refractivity contribution in [2.75, 3.05) is 0 Å². The Bertz CT molecular complexity index is 831. The molecule has 164 valence electrons. The van der Waals surface area contributed by atoms with E-state index in [0.717, 1.165) is 31.7 Å². The number of fused-ring (bicyclic) bond motifs is 2. The highest BCUT2D eigenvalue weighted by atomic mass is 19.2. The van der Waals surface area contributed by atoms with Crippen LogP contribution in [0.25, 0.3) is 0 Å². The summed E-state index contributed by atoms with van der Waals surface area (Å²) in [6.45, 7) is 1.73. The molecule has 2 amide bonds. The predicted octanol–water partition coefficient (Wildman–Crippen LogP) is 2.66. The molecule has 1 saturated carbocycles. The molecule has 4 rings (SSSR count). The Morgan fingerprint density at radius 2 is 1.67 bits per heavy atom. The highest BCUT2D eigenvalue weighted by Crippen LogP contribution is 2.40. The van der Waals surface area contributed by atoms with E-state index in [1.54, 1.807) is 6.92 Å². The van der Waals surface area contributed by atoms with E-state index in [0.29, 0.717) is 18.9 Å². The first-order valence-corrected chi connectivity index (χ1v) is 10.8. The molecule has 0 aromatic heterocycles. The third-order valence-corrected chi connectivity index (χ3v) is 6.85.